The molecule has 0 aliphatic carbocycles. The average Bonchev–Trinajstić information content (AvgIpc) is 3.71. The highest BCUT2D eigenvalue weighted by atomic mass is 32.1. The van der Waals surface area contributed by atoms with E-state index in [1.54, 1.807) is 48.5 Å². The Morgan fingerprint density at radius 2 is 1.12 bits per heavy atom. The zero-order chi connectivity index (χ0) is 39.4. The number of carbonyl (C=O) groups is 6. The van der Waals surface area contributed by atoms with E-state index in [0.29, 0.717) is 22.4 Å². The lowest BCUT2D eigenvalue weighted by Crippen LogP contribution is -2.59. The van der Waals surface area contributed by atoms with E-state index in [2.05, 4.69) is 26.6 Å². The van der Waals surface area contributed by atoms with Crippen LogP contribution in [0.3, 0.4) is 0 Å². The van der Waals surface area contributed by atoms with Gasteiger partial charge in [0.2, 0.25) is 29.5 Å². The second-order valence-electron chi connectivity index (χ2n) is 13.5. The van der Waals surface area contributed by atoms with Crippen LogP contribution in [0, 0.1) is 0 Å². The summed E-state index contributed by atoms with van der Waals surface area (Å²) in [6, 6.07) is 31.2. The Labute approximate surface area is 327 Å². The molecule has 12 nitrogen and oxygen atoms in total. The summed E-state index contributed by atoms with van der Waals surface area (Å²) < 4.78 is 0. The number of carbonyl (C=O) groups excluding carboxylic acids is 5. The van der Waals surface area contributed by atoms with Crippen LogP contribution in [0.5, 0.6) is 0 Å². The van der Waals surface area contributed by atoms with E-state index in [0.717, 1.165) is 16.0 Å². The van der Waals surface area contributed by atoms with Gasteiger partial charge in [0.05, 0.1) is 0 Å². The van der Waals surface area contributed by atoms with Crippen LogP contribution in [0.1, 0.15) is 28.0 Å². The predicted molar refractivity (Wildman–Crippen MR) is 213 cm³/mol. The van der Waals surface area contributed by atoms with Crippen LogP contribution in [0.2, 0.25) is 0 Å². The molecule has 4 atom stereocenters. The van der Waals surface area contributed by atoms with E-state index in [4.69, 9.17) is 0 Å². The number of carboxylic acid groups (broad SMARTS) is 1. The molecule has 0 saturated carbocycles. The molecule has 13 heteroatoms. The summed E-state index contributed by atoms with van der Waals surface area (Å²) in [5.74, 6) is -4.71. The van der Waals surface area contributed by atoms with Gasteiger partial charge in [0, 0.05) is 36.2 Å². The van der Waals surface area contributed by atoms with Crippen molar-refractivity contribution in [3.8, 4) is 11.1 Å². The van der Waals surface area contributed by atoms with E-state index >= 15 is 0 Å². The Balaban J connectivity index is 1.35. The Morgan fingerprint density at radius 1 is 0.571 bits per heavy atom. The monoisotopic (exact) mass is 771 g/mol. The van der Waals surface area contributed by atoms with Gasteiger partial charge in [-0.1, -0.05) is 103 Å². The van der Waals surface area contributed by atoms with Gasteiger partial charge in [-0.25, -0.2) is 4.79 Å². The molecule has 5 amide bonds. The van der Waals surface area contributed by atoms with Crippen LogP contribution in [0.4, 0.5) is 5.69 Å². The number of carboxylic acids is 1. The van der Waals surface area contributed by atoms with E-state index < -0.39 is 66.1 Å². The molecule has 56 heavy (non-hydrogen) atoms. The fourth-order valence-electron chi connectivity index (χ4n) is 6.38. The molecule has 5 aromatic rings. The number of aliphatic carboxylic acids is 1. The van der Waals surface area contributed by atoms with E-state index in [1.807, 2.05) is 78.2 Å². The molecule has 7 rings (SSSR count). The van der Waals surface area contributed by atoms with Crippen molar-refractivity contribution in [3.05, 3.63) is 148 Å². The summed E-state index contributed by atoms with van der Waals surface area (Å²) in [6.45, 7) is 0. The van der Waals surface area contributed by atoms with Crippen molar-refractivity contribution < 1.29 is 33.9 Å². The molecule has 1 aromatic heterocycles. The van der Waals surface area contributed by atoms with Crippen molar-refractivity contribution in [2.75, 3.05) is 5.32 Å². The molecule has 0 spiro atoms. The Bertz CT molecular complexity index is 2140. The number of nitrogens with one attached hydrogen (secondary N) is 5. The minimum absolute atomic E-state index is 0.0156. The van der Waals surface area contributed by atoms with Crippen LogP contribution < -0.4 is 26.6 Å². The SMILES string of the molecule is O=C1CC(=O)N[C@H](Cc2cccs2)C(=O)N[C@@H](Cc2ccc(-c3ccccc3)cc2)C(=O)N[C@H](Cc2ccccc2)C(=O)N[C@@H](C(=O)O)Cc2ccc(cc2)N1. The predicted octanol–water partition coefficient (Wildman–Crippen LogP) is 4.05. The first-order valence-electron chi connectivity index (χ1n) is 18.1. The third kappa shape index (κ3) is 11.0. The number of amides is 5. The number of rotatable bonds is 8. The Morgan fingerprint density at radius 3 is 1.71 bits per heavy atom. The lowest BCUT2D eigenvalue weighted by atomic mass is 9.99. The second kappa shape index (κ2) is 18.6. The zero-order valence-electron chi connectivity index (χ0n) is 30.3. The molecule has 2 aliphatic heterocycles. The number of anilines is 1. The molecule has 3 heterocycles. The first-order chi connectivity index (χ1) is 27.1. The lowest BCUT2D eigenvalue weighted by Gasteiger charge is -2.26. The second-order valence-corrected chi connectivity index (χ2v) is 14.5. The fourth-order valence-corrected chi connectivity index (χ4v) is 7.13. The zero-order valence-corrected chi connectivity index (χ0v) is 31.1. The summed E-state index contributed by atoms with van der Waals surface area (Å²) in [7, 11) is 0. The van der Waals surface area contributed by atoms with E-state index in [-0.39, 0.29) is 25.7 Å². The molecule has 0 unspecified atom stereocenters. The fraction of sp³-hybridized carbons (Fsp3) is 0.209. The quantitative estimate of drug-likeness (QED) is 0.102. The Kier molecular flexibility index (Phi) is 13.0. The minimum atomic E-state index is -1.36. The largest absolute Gasteiger partial charge is 0.480 e. The lowest BCUT2D eigenvalue weighted by molar-refractivity contribution is -0.142. The van der Waals surface area contributed by atoms with Crippen molar-refractivity contribution in [3.63, 3.8) is 0 Å². The Hall–Kier alpha value is -6.60. The van der Waals surface area contributed by atoms with Gasteiger partial charge in [-0.2, -0.15) is 0 Å². The van der Waals surface area contributed by atoms with Gasteiger partial charge in [-0.15, -0.1) is 11.3 Å². The number of hydrogen-bond donors (Lipinski definition) is 6. The van der Waals surface area contributed by atoms with Gasteiger partial charge in [-0.05, 0) is 51.4 Å². The van der Waals surface area contributed by atoms with Crippen LogP contribution in [-0.2, 0) is 54.5 Å². The van der Waals surface area contributed by atoms with Crippen molar-refractivity contribution in [2.24, 2.45) is 0 Å². The van der Waals surface area contributed by atoms with Crippen molar-refractivity contribution >= 4 is 52.5 Å². The molecule has 0 saturated heterocycles. The van der Waals surface area contributed by atoms with Crippen molar-refractivity contribution in [1.29, 1.82) is 0 Å². The van der Waals surface area contributed by atoms with Crippen molar-refractivity contribution in [1.82, 2.24) is 21.3 Å². The minimum Gasteiger partial charge on any atom is -0.480 e. The van der Waals surface area contributed by atoms with E-state index in [1.165, 1.54) is 11.3 Å². The number of benzene rings is 4. The smallest absolute Gasteiger partial charge is 0.326 e. The molecule has 0 fully saturated rings. The van der Waals surface area contributed by atoms with Gasteiger partial charge >= 0.3 is 5.97 Å². The average molecular weight is 772 g/mol. The topological polar surface area (TPSA) is 183 Å². The van der Waals surface area contributed by atoms with Crippen LogP contribution >= 0.6 is 11.3 Å². The first-order valence-corrected chi connectivity index (χ1v) is 19.0. The molecule has 6 N–H and O–H groups in total. The van der Waals surface area contributed by atoms with E-state index in [9.17, 15) is 33.9 Å². The summed E-state index contributed by atoms with van der Waals surface area (Å²) in [5.41, 5.74) is 4.29. The van der Waals surface area contributed by atoms with Gasteiger partial charge < -0.3 is 31.7 Å². The maximum atomic E-state index is 14.3. The van der Waals surface area contributed by atoms with Gasteiger partial charge in [0.1, 0.15) is 30.6 Å². The third-order valence-electron chi connectivity index (χ3n) is 9.30. The summed E-state index contributed by atoms with van der Waals surface area (Å²) in [5, 5.41) is 25.5. The highest BCUT2D eigenvalue weighted by Gasteiger charge is 2.32. The number of thiophene rings is 1. The highest BCUT2D eigenvalue weighted by Crippen LogP contribution is 2.20. The van der Waals surface area contributed by atoms with Crippen LogP contribution in [0.25, 0.3) is 11.1 Å². The van der Waals surface area contributed by atoms with Crippen LogP contribution in [0.15, 0.2) is 127 Å². The van der Waals surface area contributed by atoms with Gasteiger partial charge in [-0.3, -0.25) is 24.0 Å². The molecular formula is C43H41N5O7S. The summed E-state index contributed by atoms with van der Waals surface area (Å²) in [6.07, 6.45) is -0.534. The molecular weight excluding hydrogens is 731 g/mol. The molecule has 4 aromatic carbocycles. The number of hydrogen-bond acceptors (Lipinski definition) is 7. The normalized spacial score (nSPS) is 19.8. The van der Waals surface area contributed by atoms with Gasteiger partial charge in [0.25, 0.3) is 0 Å². The molecule has 2 bridgehead atoms. The van der Waals surface area contributed by atoms with Crippen LogP contribution in [-0.4, -0.2) is 64.8 Å². The highest BCUT2D eigenvalue weighted by molar-refractivity contribution is 7.09. The molecule has 286 valence electrons. The standard InChI is InChI=1S/C43H41N5O7S/c49-38-26-39(50)45-36(25-33-12-7-21-56-33)42(53)47-35(23-28-13-17-31(18-14-28)30-10-5-2-6-11-30)40(51)46-34(22-27-8-3-1-4-9-27)41(52)48-37(43(54)55)24-29-15-19-32(44-38)20-16-29/h1-21,34-37H,22-26H2,(H,44,49)(H,45,50)(H,46,51)(H,47,53)(H,48,52)(H,54,55)/t34-,35+,36-,37-/m1/s1. The molecule has 2 aliphatic rings. The molecule has 0 radical (unpaired) electrons. The maximum absolute atomic E-state index is 14.3. The maximum Gasteiger partial charge on any atom is 0.326 e. The van der Waals surface area contributed by atoms with Crippen molar-refractivity contribution in [2.45, 2.75) is 56.3 Å². The summed E-state index contributed by atoms with van der Waals surface area (Å²) in [4.78, 5) is 81.7. The third-order valence-corrected chi connectivity index (χ3v) is 10.2. The summed E-state index contributed by atoms with van der Waals surface area (Å²) >= 11 is 1.39. The van der Waals surface area contributed by atoms with Gasteiger partial charge in [0.15, 0.2) is 0 Å². The first kappa shape index (κ1) is 39.1. The number of fused-ring (bicyclic) bond motifs is 17.